The zero-order valence-electron chi connectivity index (χ0n) is 23.2. The first-order valence-corrected chi connectivity index (χ1v) is 12.3. The van der Waals surface area contributed by atoms with Crippen molar-refractivity contribution in [1.29, 1.82) is 10.5 Å². The third-order valence-electron chi connectivity index (χ3n) is 8.33. The van der Waals surface area contributed by atoms with E-state index in [-0.39, 0.29) is 5.56 Å². The summed E-state index contributed by atoms with van der Waals surface area (Å²) in [5.41, 5.74) is -13.4. The summed E-state index contributed by atoms with van der Waals surface area (Å²) in [4.78, 5) is 61.0. The molecule has 3 fully saturated rings. The minimum atomic E-state index is -2.57. The molecule has 4 rings (SSSR count). The SMILES string of the molecule is COC(=O)[C@H]1O[C@]2(c3ccccc3)CC(C#N)(C#N)[C@]3(C(=O)OC)C(=NC(C)(C)C)[C@@]1(C(=O)OC)[C@@]32C(=O)OC. The third-order valence-corrected chi connectivity index (χ3v) is 8.33. The van der Waals surface area contributed by atoms with Gasteiger partial charge >= 0.3 is 23.9 Å². The first-order valence-electron chi connectivity index (χ1n) is 12.3. The molecule has 2 saturated carbocycles. The van der Waals surface area contributed by atoms with E-state index in [1.165, 1.54) is 12.1 Å². The molecular formula is C28H29N3O9. The van der Waals surface area contributed by atoms with Crippen LogP contribution >= 0.6 is 0 Å². The summed E-state index contributed by atoms with van der Waals surface area (Å²) in [5.74, 6) is -4.63. The van der Waals surface area contributed by atoms with Gasteiger partial charge in [0.2, 0.25) is 0 Å². The highest BCUT2D eigenvalue weighted by molar-refractivity contribution is 6.33. The molecule has 0 radical (unpaired) electrons. The number of nitriles is 2. The highest BCUT2D eigenvalue weighted by atomic mass is 16.6. The number of carbonyl (C=O) groups excluding carboxylic acids is 4. The number of esters is 4. The van der Waals surface area contributed by atoms with Crippen molar-refractivity contribution in [3.8, 4) is 12.1 Å². The highest BCUT2D eigenvalue weighted by Crippen LogP contribution is 2.89. The van der Waals surface area contributed by atoms with Gasteiger partial charge in [0, 0.05) is 6.42 Å². The van der Waals surface area contributed by atoms with Gasteiger partial charge in [-0.25, -0.2) is 4.79 Å². The van der Waals surface area contributed by atoms with Crippen molar-refractivity contribution in [1.82, 2.24) is 0 Å². The van der Waals surface area contributed by atoms with E-state index in [1.54, 1.807) is 39.0 Å². The Morgan fingerprint density at radius 2 is 1.45 bits per heavy atom. The lowest BCUT2D eigenvalue weighted by molar-refractivity contribution is -0.206. The zero-order chi connectivity index (χ0) is 29.9. The van der Waals surface area contributed by atoms with Gasteiger partial charge in [-0.2, -0.15) is 10.5 Å². The smallest absolute Gasteiger partial charge is 0.336 e. The molecule has 0 aromatic heterocycles. The number of methoxy groups -OCH3 is 4. The quantitative estimate of drug-likeness (QED) is 0.384. The molecule has 1 heterocycles. The summed E-state index contributed by atoms with van der Waals surface area (Å²) in [6, 6.07) is 11.8. The topological polar surface area (TPSA) is 174 Å². The van der Waals surface area contributed by atoms with Crippen molar-refractivity contribution in [2.24, 2.45) is 26.7 Å². The number of rotatable bonds is 5. The van der Waals surface area contributed by atoms with Crippen LogP contribution in [0.25, 0.3) is 0 Å². The van der Waals surface area contributed by atoms with E-state index in [0.29, 0.717) is 0 Å². The minimum Gasteiger partial charge on any atom is -0.468 e. The minimum absolute atomic E-state index is 0.204. The van der Waals surface area contributed by atoms with Gasteiger partial charge in [-0.3, -0.25) is 19.4 Å². The molecule has 0 bridgehead atoms. The normalized spacial score (nSPS) is 33.9. The monoisotopic (exact) mass is 551 g/mol. The molecule has 2 aliphatic carbocycles. The first kappa shape index (κ1) is 28.7. The molecule has 12 nitrogen and oxygen atoms in total. The number of aliphatic imine (C=N–C) groups is 1. The van der Waals surface area contributed by atoms with Gasteiger partial charge in [0.05, 0.1) is 51.8 Å². The molecule has 0 unspecified atom stereocenters. The van der Waals surface area contributed by atoms with E-state index in [1.807, 2.05) is 12.1 Å². The van der Waals surface area contributed by atoms with Crippen molar-refractivity contribution < 1.29 is 42.9 Å². The third kappa shape index (κ3) is 2.69. The average molecular weight is 552 g/mol. The molecule has 0 amide bonds. The molecule has 0 spiro atoms. The van der Waals surface area contributed by atoms with Crippen LogP contribution in [0.4, 0.5) is 0 Å². The second kappa shape index (κ2) is 8.86. The van der Waals surface area contributed by atoms with Crippen molar-refractivity contribution in [2.75, 3.05) is 28.4 Å². The van der Waals surface area contributed by atoms with Crippen molar-refractivity contribution in [3.63, 3.8) is 0 Å². The van der Waals surface area contributed by atoms with E-state index >= 15 is 0 Å². The van der Waals surface area contributed by atoms with E-state index in [0.717, 1.165) is 28.4 Å². The maximum Gasteiger partial charge on any atom is 0.336 e. The second-order valence-electron chi connectivity index (χ2n) is 10.9. The first-order chi connectivity index (χ1) is 18.8. The lowest BCUT2D eigenvalue weighted by Crippen LogP contribution is -2.85. The Balaban J connectivity index is 2.43. The van der Waals surface area contributed by atoms with Gasteiger partial charge in [0.25, 0.3) is 0 Å². The van der Waals surface area contributed by atoms with Gasteiger partial charge in [-0.1, -0.05) is 30.3 Å². The Hall–Kier alpha value is -4.29. The number of hydrogen-bond acceptors (Lipinski definition) is 12. The summed E-state index contributed by atoms with van der Waals surface area (Å²) in [5, 5.41) is 21.3. The fraction of sp³-hybridized carbons (Fsp3) is 0.536. The van der Waals surface area contributed by atoms with Crippen LogP contribution in [0.3, 0.4) is 0 Å². The molecule has 1 aromatic rings. The molecule has 1 aliphatic heterocycles. The van der Waals surface area contributed by atoms with E-state index in [9.17, 15) is 29.7 Å². The molecule has 3 aliphatic rings. The molecule has 12 heteroatoms. The Morgan fingerprint density at radius 3 is 1.90 bits per heavy atom. The standard InChI is InChI=1S/C28H29N3O9/c1-23(2,3)31-19-26(20(33)37-5)17(18(32)36-4)40-25(16-11-9-8-10-12-16)13-24(14-29,15-30)27(19,21(34)38-6)28(25,26)22(35)39-7/h8-12,17H,13H2,1-7H3/t17-,25+,26+,27-,28+/m1/s1. The van der Waals surface area contributed by atoms with Gasteiger partial charge in [-0.05, 0) is 26.3 Å². The van der Waals surface area contributed by atoms with Crippen molar-refractivity contribution in [3.05, 3.63) is 35.9 Å². The maximum atomic E-state index is 14.4. The Bertz CT molecular complexity index is 1400. The zero-order valence-corrected chi connectivity index (χ0v) is 23.2. The fourth-order valence-electron chi connectivity index (χ4n) is 7.34. The Kier molecular flexibility index (Phi) is 6.36. The van der Waals surface area contributed by atoms with Gasteiger partial charge in [0.1, 0.15) is 11.0 Å². The van der Waals surface area contributed by atoms with E-state index in [2.05, 4.69) is 4.99 Å². The molecule has 210 valence electrons. The number of carbonyl (C=O) groups is 4. The lowest BCUT2D eigenvalue weighted by Gasteiger charge is -2.64. The van der Waals surface area contributed by atoms with E-state index < -0.39 is 74.9 Å². The molecular weight excluding hydrogens is 522 g/mol. The van der Waals surface area contributed by atoms with Crippen LogP contribution in [-0.2, 0) is 48.5 Å². The Morgan fingerprint density at radius 1 is 0.900 bits per heavy atom. The van der Waals surface area contributed by atoms with Crippen LogP contribution in [-0.4, -0.2) is 69.7 Å². The van der Waals surface area contributed by atoms with E-state index in [4.69, 9.17) is 23.7 Å². The van der Waals surface area contributed by atoms with Gasteiger partial charge in [0.15, 0.2) is 22.3 Å². The summed E-state index contributed by atoms with van der Waals surface area (Å²) in [6.45, 7) is 4.91. The summed E-state index contributed by atoms with van der Waals surface area (Å²) in [7, 11) is 4.13. The fourth-order valence-corrected chi connectivity index (χ4v) is 7.34. The summed E-state index contributed by atoms with van der Waals surface area (Å²) >= 11 is 0. The number of ether oxygens (including phenoxy) is 5. The largest absolute Gasteiger partial charge is 0.468 e. The van der Waals surface area contributed by atoms with Gasteiger partial charge in [-0.15, -0.1) is 0 Å². The molecule has 5 atom stereocenters. The second-order valence-corrected chi connectivity index (χ2v) is 10.9. The lowest BCUT2D eigenvalue weighted by atomic mass is 9.30. The predicted octanol–water partition coefficient (Wildman–Crippen LogP) is 1.62. The molecule has 0 N–H and O–H groups in total. The van der Waals surface area contributed by atoms with Crippen LogP contribution in [0, 0.1) is 44.3 Å². The Labute approximate surface area is 230 Å². The predicted molar refractivity (Wildman–Crippen MR) is 134 cm³/mol. The van der Waals surface area contributed by atoms with Crippen LogP contribution in [0.5, 0.6) is 0 Å². The average Bonchev–Trinajstić information content (AvgIpc) is 3.31. The van der Waals surface area contributed by atoms with Crippen molar-refractivity contribution >= 4 is 29.6 Å². The molecule has 40 heavy (non-hydrogen) atoms. The van der Waals surface area contributed by atoms with Crippen LogP contribution in [0.1, 0.15) is 32.8 Å². The summed E-state index contributed by atoms with van der Waals surface area (Å²) in [6.07, 6.45) is -2.52. The highest BCUT2D eigenvalue weighted by Gasteiger charge is 3.07. The summed E-state index contributed by atoms with van der Waals surface area (Å²) < 4.78 is 27.2. The van der Waals surface area contributed by atoms with Crippen LogP contribution in [0.15, 0.2) is 35.3 Å². The maximum absolute atomic E-state index is 14.4. The molecule has 1 aromatic carbocycles. The van der Waals surface area contributed by atoms with Crippen LogP contribution < -0.4 is 0 Å². The number of benzene rings is 1. The van der Waals surface area contributed by atoms with Crippen LogP contribution in [0.2, 0.25) is 0 Å². The molecule has 1 saturated heterocycles. The van der Waals surface area contributed by atoms with Crippen molar-refractivity contribution in [2.45, 2.75) is 44.4 Å². The number of hydrogen-bond donors (Lipinski definition) is 0. The van der Waals surface area contributed by atoms with Gasteiger partial charge < -0.3 is 23.7 Å². The number of nitrogens with zero attached hydrogens (tertiary/aromatic N) is 3.